The highest BCUT2D eigenvalue weighted by Gasteiger charge is 2.34. The van der Waals surface area contributed by atoms with Crippen molar-refractivity contribution in [1.29, 1.82) is 0 Å². The summed E-state index contributed by atoms with van der Waals surface area (Å²) in [6, 6.07) is 0.982. The van der Waals surface area contributed by atoms with Crippen LogP contribution in [0.2, 0.25) is 5.02 Å². The zero-order valence-corrected chi connectivity index (χ0v) is 8.13. The van der Waals surface area contributed by atoms with E-state index in [1.54, 1.807) is 0 Å². The molecule has 0 bridgehead atoms. The molecule has 1 rings (SSSR count). The van der Waals surface area contributed by atoms with Crippen molar-refractivity contribution in [3.8, 4) is 0 Å². The molecule has 4 nitrogen and oxygen atoms in total. The van der Waals surface area contributed by atoms with Crippen molar-refractivity contribution in [2.24, 2.45) is 5.73 Å². The summed E-state index contributed by atoms with van der Waals surface area (Å²) >= 11 is 5.48. The Hall–Kier alpha value is -1.27. The standard InChI is InChI=1S/C8H7ClF2N2O2/c9-5-1-4(7(12)15)2-13-6(5)8(10,11)3-14/h1-2,14H,3H2,(H2,12,15). The Kier molecular flexibility index (Phi) is 3.21. The first-order chi connectivity index (χ1) is 6.88. The van der Waals surface area contributed by atoms with Gasteiger partial charge in [0.05, 0.1) is 10.6 Å². The number of nitrogens with zero attached hydrogens (tertiary/aromatic N) is 1. The lowest BCUT2D eigenvalue weighted by Crippen LogP contribution is -2.21. The zero-order chi connectivity index (χ0) is 11.6. The summed E-state index contributed by atoms with van der Waals surface area (Å²) in [5.74, 6) is -4.35. The van der Waals surface area contributed by atoms with E-state index in [1.165, 1.54) is 0 Å². The molecule has 15 heavy (non-hydrogen) atoms. The van der Waals surface area contributed by atoms with Gasteiger partial charge in [-0.15, -0.1) is 0 Å². The normalized spacial score (nSPS) is 11.5. The molecule has 7 heteroatoms. The number of primary amides is 1. The maximum atomic E-state index is 13.0. The first kappa shape index (κ1) is 11.8. The molecule has 0 aliphatic heterocycles. The Balaban J connectivity index is 3.19. The molecule has 0 unspecified atom stereocenters. The number of aliphatic hydroxyl groups excluding tert-OH is 1. The number of alkyl halides is 2. The van der Waals surface area contributed by atoms with Gasteiger partial charge in [-0.25, -0.2) is 0 Å². The minimum Gasteiger partial charge on any atom is -0.390 e. The van der Waals surface area contributed by atoms with Crippen LogP contribution in [0.15, 0.2) is 12.3 Å². The van der Waals surface area contributed by atoms with Crippen molar-refractivity contribution in [2.45, 2.75) is 5.92 Å². The number of halogens is 3. The van der Waals surface area contributed by atoms with Crippen LogP contribution in [0.5, 0.6) is 0 Å². The molecule has 0 spiro atoms. The van der Waals surface area contributed by atoms with Crippen LogP contribution in [0.25, 0.3) is 0 Å². The van der Waals surface area contributed by atoms with E-state index in [9.17, 15) is 13.6 Å². The van der Waals surface area contributed by atoms with Gasteiger partial charge in [-0.3, -0.25) is 9.78 Å². The molecule has 1 amide bonds. The smallest absolute Gasteiger partial charge is 0.313 e. The third kappa shape index (κ3) is 2.40. The molecule has 0 aliphatic rings. The number of rotatable bonds is 3. The quantitative estimate of drug-likeness (QED) is 0.819. The van der Waals surface area contributed by atoms with E-state index >= 15 is 0 Å². The first-order valence-corrected chi connectivity index (χ1v) is 4.21. The second kappa shape index (κ2) is 4.08. The van der Waals surface area contributed by atoms with Crippen molar-refractivity contribution in [1.82, 2.24) is 4.98 Å². The van der Waals surface area contributed by atoms with Gasteiger partial charge in [0, 0.05) is 6.20 Å². The minimum atomic E-state index is -3.53. The Morgan fingerprint density at radius 3 is 2.67 bits per heavy atom. The summed E-state index contributed by atoms with van der Waals surface area (Å²) in [6.45, 7) is -1.41. The largest absolute Gasteiger partial charge is 0.390 e. The highest BCUT2D eigenvalue weighted by atomic mass is 35.5. The van der Waals surface area contributed by atoms with E-state index in [0.29, 0.717) is 0 Å². The summed E-state index contributed by atoms with van der Waals surface area (Å²) in [5.41, 5.74) is 4.05. The summed E-state index contributed by atoms with van der Waals surface area (Å²) < 4.78 is 25.9. The number of hydrogen-bond acceptors (Lipinski definition) is 3. The highest BCUT2D eigenvalue weighted by Crippen LogP contribution is 2.31. The van der Waals surface area contributed by atoms with Crippen LogP contribution in [-0.2, 0) is 5.92 Å². The molecular weight excluding hydrogens is 230 g/mol. The number of aromatic nitrogens is 1. The fourth-order valence-electron chi connectivity index (χ4n) is 0.917. The van der Waals surface area contributed by atoms with E-state index in [0.717, 1.165) is 12.3 Å². The van der Waals surface area contributed by atoms with Gasteiger partial charge in [-0.2, -0.15) is 8.78 Å². The molecule has 0 saturated heterocycles. The summed E-state index contributed by atoms with van der Waals surface area (Å²) in [7, 11) is 0. The Morgan fingerprint density at radius 2 is 2.27 bits per heavy atom. The van der Waals surface area contributed by atoms with Gasteiger partial charge in [-0.1, -0.05) is 11.6 Å². The van der Waals surface area contributed by atoms with E-state index < -0.39 is 29.2 Å². The molecule has 0 radical (unpaired) electrons. The fraction of sp³-hybridized carbons (Fsp3) is 0.250. The van der Waals surface area contributed by atoms with Crippen molar-refractivity contribution >= 4 is 17.5 Å². The van der Waals surface area contributed by atoms with E-state index in [2.05, 4.69) is 4.98 Å². The van der Waals surface area contributed by atoms with Gasteiger partial charge in [0.2, 0.25) is 5.91 Å². The van der Waals surface area contributed by atoms with Crippen molar-refractivity contribution in [3.63, 3.8) is 0 Å². The van der Waals surface area contributed by atoms with Crippen LogP contribution in [0.4, 0.5) is 8.78 Å². The predicted molar refractivity (Wildman–Crippen MR) is 48.7 cm³/mol. The van der Waals surface area contributed by atoms with Crippen LogP contribution >= 0.6 is 11.6 Å². The number of nitrogens with two attached hydrogens (primary N) is 1. The average molecular weight is 237 g/mol. The summed E-state index contributed by atoms with van der Waals surface area (Å²) in [4.78, 5) is 14.0. The third-order valence-corrected chi connectivity index (χ3v) is 1.96. The number of carbonyl (C=O) groups is 1. The number of amides is 1. The molecule has 1 heterocycles. The molecule has 0 aromatic carbocycles. The minimum absolute atomic E-state index is 0.0718. The van der Waals surface area contributed by atoms with Crippen LogP contribution in [0.1, 0.15) is 16.1 Å². The number of carbonyl (C=O) groups excluding carboxylic acids is 1. The van der Waals surface area contributed by atoms with Crippen LogP contribution in [-0.4, -0.2) is 22.6 Å². The molecule has 1 aromatic heterocycles. The molecular formula is C8H7ClF2N2O2. The molecule has 0 fully saturated rings. The van der Waals surface area contributed by atoms with Crippen molar-refractivity contribution in [3.05, 3.63) is 28.5 Å². The number of pyridine rings is 1. The fourth-order valence-corrected chi connectivity index (χ4v) is 1.22. The molecule has 82 valence electrons. The Bertz CT molecular complexity index is 398. The lowest BCUT2D eigenvalue weighted by molar-refractivity contribution is -0.0591. The maximum absolute atomic E-state index is 13.0. The van der Waals surface area contributed by atoms with Gasteiger partial charge >= 0.3 is 5.92 Å². The number of aliphatic hydroxyl groups is 1. The molecule has 3 N–H and O–H groups in total. The Labute approximate surface area is 88.7 Å². The van der Waals surface area contributed by atoms with Gasteiger partial charge in [0.25, 0.3) is 0 Å². The third-order valence-electron chi connectivity index (χ3n) is 1.67. The monoisotopic (exact) mass is 236 g/mol. The van der Waals surface area contributed by atoms with Crippen molar-refractivity contribution in [2.75, 3.05) is 6.61 Å². The lowest BCUT2D eigenvalue weighted by atomic mass is 10.2. The topological polar surface area (TPSA) is 76.2 Å². The van der Waals surface area contributed by atoms with Gasteiger partial charge in [0.1, 0.15) is 12.3 Å². The summed E-state index contributed by atoms with van der Waals surface area (Å²) in [5, 5.41) is 8.00. The Morgan fingerprint density at radius 1 is 1.67 bits per heavy atom. The van der Waals surface area contributed by atoms with E-state index in [-0.39, 0.29) is 5.56 Å². The highest BCUT2D eigenvalue weighted by molar-refractivity contribution is 6.31. The predicted octanol–water partition coefficient (Wildman–Crippen LogP) is 0.918. The van der Waals surface area contributed by atoms with E-state index in [4.69, 9.17) is 22.4 Å². The van der Waals surface area contributed by atoms with Crippen molar-refractivity contribution < 1.29 is 18.7 Å². The average Bonchev–Trinajstić information content (AvgIpc) is 2.17. The first-order valence-electron chi connectivity index (χ1n) is 3.83. The SMILES string of the molecule is NC(=O)c1cnc(C(F)(F)CO)c(Cl)c1. The second-order valence-electron chi connectivity index (χ2n) is 2.78. The zero-order valence-electron chi connectivity index (χ0n) is 7.38. The van der Waals surface area contributed by atoms with Crippen LogP contribution in [0, 0.1) is 0 Å². The summed E-state index contributed by atoms with van der Waals surface area (Å²) in [6.07, 6.45) is 0.882. The van der Waals surface area contributed by atoms with Crippen LogP contribution in [0.3, 0.4) is 0 Å². The molecule has 0 atom stereocenters. The lowest BCUT2D eigenvalue weighted by Gasteiger charge is -2.13. The molecule has 0 saturated carbocycles. The van der Waals surface area contributed by atoms with Gasteiger partial charge < -0.3 is 10.8 Å². The van der Waals surface area contributed by atoms with Crippen LogP contribution < -0.4 is 5.73 Å². The van der Waals surface area contributed by atoms with E-state index in [1.807, 2.05) is 0 Å². The van der Waals surface area contributed by atoms with Gasteiger partial charge in [-0.05, 0) is 6.07 Å². The maximum Gasteiger partial charge on any atom is 0.313 e. The van der Waals surface area contributed by atoms with Gasteiger partial charge in [0.15, 0.2) is 0 Å². The molecule has 1 aromatic rings. The second-order valence-corrected chi connectivity index (χ2v) is 3.19. The number of hydrogen-bond donors (Lipinski definition) is 2. The molecule has 0 aliphatic carbocycles.